The Labute approximate surface area is 160 Å². The van der Waals surface area contributed by atoms with Gasteiger partial charge in [-0.25, -0.2) is 4.98 Å². The van der Waals surface area contributed by atoms with E-state index in [1.165, 1.54) is 11.3 Å². The first kappa shape index (κ1) is 17.4. The SMILES string of the molecule is Cc1nc(-c2ccccc2)sc1C(=O)NCCOc1ccc2c(c1)OCO2. The zero-order valence-corrected chi connectivity index (χ0v) is 15.5. The number of aryl methyl sites for hydroxylation is 1. The third-order valence-electron chi connectivity index (χ3n) is 4.02. The van der Waals surface area contributed by atoms with Crippen LogP contribution >= 0.6 is 11.3 Å². The predicted molar refractivity (Wildman–Crippen MR) is 103 cm³/mol. The summed E-state index contributed by atoms with van der Waals surface area (Å²) in [6, 6.07) is 15.2. The number of hydrogen-bond acceptors (Lipinski definition) is 6. The quantitative estimate of drug-likeness (QED) is 0.659. The molecule has 27 heavy (non-hydrogen) atoms. The van der Waals surface area contributed by atoms with E-state index in [1.807, 2.05) is 49.4 Å². The lowest BCUT2D eigenvalue weighted by Gasteiger charge is -2.08. The van der Waals surface area contributed by atoms with Crippen molar-refractivity contribution in [3.05, 3.63) is 59.1 Å². The van der Waals surface area contributed by atoms with Crippen LogP contribution in [0.15, 0.2) is 48.5 Å². The minimum atomic E-state index is -0.138. The van der Waals surface area contributed by atoms with Crippen molar-refractivity contribution in [2.24, 2.45) is 0 Å². The molecule has 0 unspecified atom stereocenters. The summed E-state index contributed by atoms with van der Waals surface area (Å²) in [6.07, 6.45) is 0. The van der Waals surface area contributed by atoms with Gasteiger partial charge in [-0.3, -0.25) is 4.79 Å². The highest BCUT2D eigenvalue weighted by atomic mass is 32.1. The van der Waals surface area contributed by atoms with Crippen molar-refractivity contribution in [1.29, 1.82) is 0 Å². The van der Waals surface area contributed by atoms with Crippen molar-refractivity contribution in [3.63, 3.8) is 0 Å². The van der Waals surface area contributed by atoms with Gasteiger partial charge < -0.3 is 19.5 Å². The number of carbonyl (C=O) groups is 1. The van der Waals surface area contributed by atoms with Gasteiger partial charge in [-0.05, 0) is 19.1 Å². The fourth-order valence-corrected chi connectivity index (χ4v) is 3.68. The molecule has 6 nitrogen and oxygen atoms in total. The van der Waals surface area contributed by atoms with Crippen LogP contribution in [-0.4, -0.2) is 30.8 Å². The second-order valence-electron chi connectivity index (χ2n) is 5.92. The molecule has 1 aliphatic rings. The molecular formula is C20H18N2O4S. The molecule has 1 amide bonds. The number of nitrogens with zero attached hydrogens (tertiary/aromatic N) is 1. The summed E-state index contributed by atoms with van der Waals surface area (Å²) >= 11 is 1.39. The summed E-state index contributed by atoms with van der Waals surface area (Å²) in [7, 11) is 0. The standard InChI is InChI=1S/C20H18N2O4S/c1-13-18(27-20(22-13)14-5-3-2-4-6-14)19(23)21-9-10-24-15-7-8-16-17(11-15)26-12-25-16/h2-8,11H,9-10,12H2,1H3,(H,21,23). The average molecular weight is 382 g/mol. The Morgan fingerprint density at radius 2 is 2.00 bits per heavy atom. The number of benzene rings is 2. The smallest absolute Gasteiger partial charge is 0.263 e. The van der Waals surface area contributed by atoms with E-state index >= 15 is 0 Å². The van der Waals surface area contributed by atoms with Crippen molar-refractivity contribution in [3.8, 4) is 27.8 Å². The van der Waals surface area contributed by atoms with Crippen molar-refractivity contribution in [1.82, 2.24) is 10.3 Å². The van der Waals surface area contributed by atoms with Crippen LogP contribution in [0, 0.1) is 6.92 Å². The Balaban J connectivity index is 1.31. The number of amides is 1. The molecule has 7 heteroatoms. The van der Waals surface area contributed by atoms with Crippen LogP contribution < -0.4 is 19.5 Å². The molecule has 0 saturated carbocycles. The minimum Gasteiger partial charge on any atom is -0.492 e. The molecule has 3 aromatic rings. The van der Waals surface area contributed by atoms with Gasteiger partial charge in [0.1, 0.15) is 22.2 Å². The van der Waals surface area contributed by atoms with Crippen LogP contribution in [0.5, 0.6) is 17.2 Å². The summed E-state index contributed by atoms with van der Waals surface area (Å²) in [5, 5.41) is 3.72. The lowest BCUT2D eigenvalue weighted by atomic mass is 10.2. The van der Waals surface area contributed by atoms with Gasteiger partial charge >= 0.3 is 0 Å². The lowest BCUT2D eigenvalue weighted by molar-refractivity contribution is 0.0950. The molecule has 138 valence electrons. The predicted octanol–water partition coefficient (Wildman–Crippen LogP) is 3.66. The van der Waals surface area contributed by atoms with Gasteiger partial charge in [0.2, 0.25) is 6.79 Å². The maximum Gasteiger partial charge on any atom is 0.263 e. The van der Waals surface area contributed by atoms with E-state index in [1.54, 1.807) is 6.07 Å². The van der Waals surface area contributed by atoms with Crippen molar-refractivity contribution < 1.29 is 19.0 Å². The van der Waals surface area contributed by atoms with Crippen LogP contribution in [0.25, 0.3) is 10.6 Å². The number of fused-ring (bicyclic) bond motifs is 1. The van der Waals surface area contributed by atoms with E-state index in [2.05, 4.69) is 10.3 Å². The highest BCUT2D eigenvalue weighted by molar-refractivity contribution is 7.17. The van der Waals surface area contributed by atoms with Gasteiger partial charge in [0.05, 0.1) is 12.2 Å². The molecule has 0 radical (unpaired) electrons. The number of nitrogens with one attached hydrogen (secondary N) is 1. The Bertz CT molecular complexity index is 956. The van der Waals surface area contributed by atoms with E-state index < -0.39 is 0 Å². The van der Waals surface area contributed by atoms with Crippen LogP contribution in [0.1, 0.15) is 15.4 Å². The fraction of sp³-hybridized carbons (Fsp3) is 0.200. The molecule has 1 N–H and O–H groups in total. The summed E-state index contributed by atoms with van der Waals surface area (Å²) in [5.41, 5.74) is 1.74. The first-order chi connectivity index (χ1) is 13.2. The van der Waals surface area contributed by atoms with Gasteiger partial charge in [0.25, 0.3) is 5.91 Å². The molecule has 0 bridgehead atoms. The zero-order valence-electron chi connectivity index (χ0n) is 14.7. The van der Waals surface area contributed by atoms with Crippen LogP contribution in [0.4, 0.5) is 0 Å². The van der Waals surface area contributed by atoms with E-state index in [-0.39, 0.29) is 12.7 Å². The number of carbonyl (C=O) groups excluding carboxylic acids is 1. The molecule has 0 saturated heterocycles. The summed E-state index contributed by atoms with van der Waals surface area (Å²) in [6.45, 7) is 2.83. The molecule has 2 heterocycles. The largest absolute Gasteiger partial charge is 0.492 e. The zero-order chi connectivity index (χ0) is 18.6. The molecule has 0 spiro atoms. The maximum atomic E-state index is 12.4. The van der Waals surface area contributed by atoms with Gasteiger partial charge in [-0.1, -0.05) is 30.3 Å². The van der Waals surface area contributed by atoms with Gasteiger partial charge in [0.15, 0.2) is 11.5 Å². The van der Waals surface area contributed by atoms with Crippen LogP contribution in [0.3, 0.4) is 0 Å². The number of aromatic nitrogens is 1. The molecule has 0 atom stereocenters. The maximum absolute atomic E-state index is 12.4. The number of ether oxygens (including phenoxy) is 3. The highest BCUT2D eigenvalue weighted by Gasteiger charge is 2.16. The monoisotopic (exact) mass is 382 g/mol. The molecular weight excluding hydrogens is 364 g/mol. The topological polar surface area (TPSA) is 69.7 Å². The Morgan fingerprint density at radius 3 is 2.85 bits per heavy atom. The molecule has 1 aliphatic heterocycles. The van der Waals surface area contributed by atoms with E-state index in [4.69, 9.17) is 14.2 Å². The van der Waals surface area contributed by atoms with Gasteiger partial charge in [-0.15, -0.1) is 11.3 Å². The van der Waals surface area contributed by atoms with Crippen LogP contribution in [0.2, 0.25) is 0 Å². The van der Waals surface area contributed by atoms with E-state index in [9.17, 15) is 4.79 Å². The lowest BCUT2D eigenvalue weighted by Crippen LogP contribution is -2.27. The third-order valence-corrected chi connectivity index (χ3v) is 5.23. The Kier molecular flexibility index (Phi) is 4.93. The third kappa shape index (κ3) is 3.88. The molecule has 1 aromatic heterocycles. The van der Waals surface area contributed by atoms with E-state index in [0.717, 1.165) is 16.3 Å². The molecule has 0 fully saturated rings. The Hall–Kier alpha value is -3.06. The van der Waals surface area contributed by atoms with Gasteiger partial charge in [0, 0.05) is 11.6 Å². The second kappa shape index (κ2) is 7.67. The van der Waals surface area contributed by atoms with Gasteiger partial charge in [-0.2, -0.15) is 0 Å². The normalized spacial score (nSPS) is 12.0. The highest BCUT2D eigenvalue weighted by Crippen LogP contribution is 2.35. The summed E-state index contributed by atoms with van der Waals surface area (Å²) in [4.78, 5) is 17.6. The number of hydrogen-bond donors (Lipinski definition) is 1. The Morgan fingerprint density at radius 1 is 1.19 bits per heavy atom. The van der Waals surface area contributed by atoms with Crippen molar-refractivity contribution in [2.75, 3.05) is 19.9 Å². The molecule has 2 aromatic carbocycles. The second-order valence-corrected chi connectivity index (χ2v) is 6.92. The van der Waals surface area contributed by atoms with Crippen molar-refractivity contribution >= 4 is 17.2 Å². The van der Waals surface area contributed by atoms with Crippen molar-refractivity contribution in [2.45, 2.75) is 6.92 Å². The summed E-state index contributed by atoms with van der Waals surface area (Å²) in [5.74, 6) is 1.92. The number of rotatable bonds is 6. The van der Waals surface area contributed by atoms with Crippen LogP contribution in [-0.2, 0) is 0 Å². The summed E-state index contributed by atoms with van der Waals surface area (Å²) < 4.78 is 16.2. The first-order valence-corrected chi connectivity index (χ1v) is 9.36. The molecule has 4 rings (SSSR count). The average Bonchev–Trinajstić information content (AvgIpc) is 3.32. The minimum absolute atomic E-state index is 0.138. The fourth-order valence-electron chi connectivity index (χ4n) is 2.69. The number of thiazole rings is 1. The molecule has 0 aliphatic carbocycles. The first-order valence-electron chi connectivity index (χ1n) is 8.54. The van der Waals surface area contributed by atoms with E-state index in [0.29, 0.717) is 35.3 Å².